The molecule has 2 heterocycles. The number of benzene rings is 1. The quantitative estimate of drug-likeness (QED) is 0.748. The zero-order valence-electron chi connectivity index (χ0n) is 14.0. The number of carbonyl (C=O) groups is 2. The molecule has 118 valence electrons. The highest BCUT2D eigenvalue weighted by Crippen LogP contribution is 2.37. The average Bonchev–Trinajstić information content (AvgIpc) is 2.64. The van der Waals surface area contributed by atoms with Gasteiger partial charge in [0.2, 0.25) is 0 Å². The summed E-state index contributed by atoms with van der Waals surface area (Å²) in [6.45, 7) is 11.6. The largest absolute Gasteiger partial charge is 0.272 e. The Morgan fingerprint density at radius 1 is 0.864 bits per heavy atom. The Bertz CT molecular complexity index is 601. The van der Waals surface area contributed by atoms with Crippen molar-refractivity contribution >= 4 is 11.8 Å². The summed E-state index contributed by atoms with van der Waals surface area (Å²) in [6.07, 6.45) is 0. The summed E-state index contributed by atoms with van der Waals surface area (Å²) in [5.41, 5.74) is 4.13. The molecule has 0 N–H and O–H groups in total. The molecular formula is C18H24N2O2. The third kappa shape index (κ3) is 2.13. The highest BCUT2D eigenvalue weighted by atomic mass is 16.2. The first-order valence-electron chi connectivity index (χ1n) is 8.01. The van der Waals surface area contributed by atoms with E-state index < -0.39 is 5.92 Å². The molecule has 1 aromatic carbocycles. The molecular weight excluding hydrogens is 276 g/mol. The molecule has 2 unspecified atom stereocenters. The van der Waals surface area contributed by atoms with E-state index in [-0.39, 0.29) is 11.8 Å². The van der Waals surface area contributed by atoms with Crippen LogP contribution < -0.4 is 0 Å². The predicted octanol–water partition coefficient (Wildman–Crippen LogP) is 2.57. The zero-order valence-corrected chi connectivity index (χ0v) is 14.0. The van der Waals surface area contributed by atoms with Crippen LogP contribution in [-0.2, 0) is 9.59 Å². The molecule has 1 aromatic rings. The number of fused-ring (bicyclic) bond motifs is 1. The van der Waals surface area contributed by atoms with Gasteiger partial charge in [-0.05, 0) is 49.3 Å². The van der Waals surface area contributed by atoms with E-state index >= 15 is 0 Å². The normalized spacial score (nSPS) is 28.3. The van der Waals surface area contributed by atoms with Crippen molar-refractivity contribution in [1.29, 1.82) is 0 Å². The lowest BCUT2D eigenvalue weighted by atomic mass is 9.89. The van der Waals surface area contributed by atoms with Gasteiger partial charge < -0.3 is 0 Å². The number of amides is 2. The fourth-order valence-corrected chi connectivity index (χ4v) is 3.82. The Morgan fingerprint density at radius 3 is 1.68 bits per heavy atom. The minimum atomic E-state index is -0.655. The number of hydrazine groups is 1. The molecule has 0 bridgehead atoms. The molecule has 2 fully saturated rings. The van der Waals surface area contributed by atoms with Crippen LogP contribution in [0.1, 0.15) is 42.0 Å². The van der Waals surface area contributed by atoms with Gasteiger partial charge in [0.1, 0.15) is 5.92 Å². The topological polar surface area (TPSA) is 40.6 Å². The zero-order chi connectivity index (χ0) is 16.2. The lowest BCUT2D eigenvalue weighted by Gasteiger charge is -2.39. The van der Waals surface area contributed by atoms with Crippen LogP contribution >= 0.6 is 0 Å². The maximum absolute atomic E-state index is 12.9. The Labute approximate surface area is 132 Å². The summed E-state index contributed by atoms with van der Waals surface area (Å²) in [5, 5.41) is 3.35. The SMILES string of the molecule is Cc1cc(C)c(C2C(=O)N3CC(C)C(C)CN3C2=O)c(C)c1. The summed E-state index contributed by atoms with van der Waals surface area (Å²) in [4.78, 5) is 25.7. The van der Waals surface area contributed by atoms with Crippen LogP contribution in [0.25, 0.3) is 0 Å². The average molecular weight is 300 g/mol. The fraction of sp³-hybridized carbons (Fsp3) is 0.556. The summed E-state index contributed by atoms with van der Waals surface area (Å²) in [6, 6.07) is 4.11. The molecule has 4 heteroatoms. The number of hydrogen-bond acceptors (Lipinski definition) is 2. The van der Waals surface area contributed by atoms with E-state index in [1.54, 1.807) is 10.0 Å². The molecule has 22 heavy (non-hydrogen) atoms. The smallest absolute Gasteiger partial charge is 0.258 e. The van der Waals surface area contributed by atoms with Crippen molar-refractivity contribution in [3.8, 4) is 0 Å². The second kappa shape index (κ2) is 5.11. The van der Waals surface area contributed by atoms with E-state index in [1.165, 1.54) is 0 Å². The Morgan fingerprint density at radius 2 is 1.27 bits per heavy atom. The van der Waals surface area contributed by atoms with Crippen LogP contribution in [0, 0.1) is 32.6 Å². The number of aryl methyl sites for hydroxylation is 3. The molecule has 2 aliphatic rings. The summed E-state index contributed by atoms with van der Waals surface area (Å²) >= 11 is 0. The summed E-state index contributed by atoms with van der Waals surface area (Å²) in [7, 11) is 0. The maximum atomic E-state index is 12.9. The molecule has 0 aliphatic carbocycles. The van der Waals surface area contributed by atoms with Gasteiger partial charge in [-0.25, -0.2) is 0 Å². The van der Waals surface area contributed by atoms with Crippen LogP contribution in [0.2, 0.25) is 0 Å². The molecule has 2 atom stereocenters. The first kappa shape index (κ1) is 15.1. The number of nitrogens with zero attached hydrogens (tertiary/aromatic N) is 2. The summed E-state index contributed by atoms with van der Waals surface area (Å²) in [5.74, 6) is 0.0784. The molecule has 4 nitrogen and oxygen atoms in total. The highest BCUT2D eigenvalue weighted by Gasteiger charge is 2.50. The van der Waals surface area contributed by atoms with Gasteiger partial charge in [0.05, 0.1) is 0 Å². The van der Waals surface area contributed by atoms with Gasteiger partial charge in [-0.3, -0.25) is 19.6 Å². The van der Waals surface area contributed by atoms with Crippen molar-refractivity contribution in [2.24, 2.45) is 11.8 Å². The second-order valence-corrected chi connectivity index (χ2v) is 7.04. The van der Waals surface area contributed by atoms with Crippen LogP contribution in [0.5, 0.6) is 0 Å². The van der Waals surface area contributed by atoms with Crippen LogP contribution in [0.3, 0.4) is 0 Å². The van der Waals surface area contributed by atoms with Gasteiger partial charge >= 0.3 is 0 Å². The number of carbonyl (C=O) groups excluding carboxylic acids is 2. The van der Waals surface area contributed by atoms with Crippen LogP contribution in [-0.4, -0.2) is 34.9 Å². The molecule has 2 saturated heterocycles. The predicted molar refractivity (Wildman–Crippen MR) is 85.1 cm³/mol. The number of rotatable bonds is 1. The van der Waals surface area contributed by atoms with Gasteiger partial charge in [0.15, 0.2) is 0 Å². The Kier molecular flexibility index (Phi) is 3.50. The minimum Gasteiger partial charge on any atom is -0.272 e. The molecule has 0 radical (unpaired) electrons. The van der Waals surface area contributed by atoms with Crippen molar-refractivity contribution in [1.82, 2.24) is 10.0 Å². The first-order chi connectivity index (χ1) is 10.3. The maximum Gasteiger partial charge on any atom is 0.258 e. The van der Waals surface area contributed by atoms with E-state index in [4.69, 9.17) is 0 Å². The monoisotopic (exact) mass is 300 g/mol. The van der Waals surface area contributed by atoms with Crippen molar-refractivity contribution in [2.75, 3.05) is 13.1 Å². The Balaban J connectivity index is 2.03. The first-order valence-corrected chi connectivity index (χ1v) is 8.01. The van der Waals surface area contributed by atoms with Gasteiger partial charge in [-0.2, -0.15) is 0 Å². The second-order valence-electron chi connectivity index (χ2n) is 7.04. The Hall–Kier alpha value is -1.84. The summed E-state index contributed by atoms with van der Waals surface area (Å²) < 4.78 is 0. The molecule has 0 spiro atoms. The van der Waals surface area contributed by atoms with Gasteiger partial charge in [-0.1, -0.05) is 31.5 Å². The lowest BCUT2D eigenvalue weighted by molar-refractivity contribution is -0.156. The van der Waals surface area contributed by atoms with Gasteiger partial charge in [0.25, 0.3) is 11.8 Å². The van der Waals surface area contributed by atoms with Crippen LogP contribution in [0.15, 0.2) is 12.1 Å². The standard InChI is InChI=1S/C18H24N2O2/c1-10-6-11(2)15(12(3)7-10)16-17(21)19-8-13(4)14(5)9-20(19)18(16)22/h6-7,13-14,16H,8-9H2,1-5H3. The van der Waals surface area contributed by atoms with Gasteiger partial charge in [-0.15, -0.1) is 0 Å². The third-order valence-electron chi connectivity index (χ3n) is 5.21. The van der Waals surface area contributed by atoms with Crippen molar-refractivity contribution in [2.45, 2.75) is 40.5 Å². The van der Waals surface area contributed by atoms with E-state index in [1.807, 2.05) is 20.8 Å². The third-order valence-corrected chi connectivity index (χ3v) is 5.21. The van der Waals surface area contributed by atoms with E-state index in [2.05, 4.69) is 26.0 Å². The van der Waals surface area contributed by atoms with Crippen molar-refractivity contribution in [3.63, 3.8) is 0 Å². The molecule has 0 aromatic heterocycles. The lowest BCUT2D eigenvalue weighted by Crippen LogP contribution is -2.51. The van der Waals surface area contributed by atoms with Crippen LogP contribution in [0.4, 0.5) is 0 Å². The van der Waals surface area contributed by atoms with Crippen molar-refractivity contribution < 1.29 is 9.59 Å². The molecule has 2 aliphatic heterocycles. The molecule has 3 rings (SSSR count). The van der Waals surface area contributed by atoms with Gasteiger partial charge in [0, 0.05) is 13.1 Å². The molecule has 0 saturated carbocycles. The van der Waals surface area contributed by atoms with Crippen molar-refractivity contribution in [3.05, 3.63) is 34.4 Å². The highest BCUT2D eigenvalue weighted by molar-refractivity contribution is 6.10. The minimum absolute atomic E-state index is 0.0567. The van der Waals surface area contributed by atoms with E-state index in [9.17, 15) is 9.59 Å². The van der Waals surface area contributed by atoms with E-state index in [0.717, 1.165) is 22.3 Å². The van der Waals surface area contributed by atoms with E-state index in [0.29, 0.717) is 24.9 Å². The number of hydrogen-bond donors (Lipinski definition) is 0. The fourth-order valence-electron chi connectivity index (χ4n) is 3.82. The molecule has 2 amide bonds.